The van der Waals surface area contributed by atoms with Gasteiger partial charge in [-0.25, -0.2) is 18.8 Å². The average molecular weight is 1770 g/mol. The third-order valence-electron chi connectivity index (χ3n) is 21.7. The Labute approximate surface area is 709 Å². The number of likely N-dealkylation sites (tertiary alicyclic amines) is 2. The van der Waals surface area contributed by atoms with Crippen molar-refractivity contribution in [2.24, 2.45) is 10.8 Å². The predicted molar refractivity (Wildman–Crippen MR) is 436 cm³/mol. The van der Waals surface area contributed by atoms with Crippen LogP contribution in [0.4, 0.5) is 26.3 Å². The maximum atomic E-state index is 15.5. The van der Waals surface area contributed by atoms with Crippen LogP contribution in [0.5, 0.6) is 11.5 Å². The zero-order chi connectivity index (χ0) is 90.3. The molecule has 10 amide bonds. The van der Waals surface area contributed by atoms with Crippen LogP contribution in [-0.4, -0.2) is 214 Å². The Balaban J connectivity index is 0.982. The second kappa shape index (κ2) is 37.9. The number of carbonyl (C=O) groups is 10. The van der Waals surface area contributed by atoms with E-state index in [4.69, 9.17) is 9.47 Å². The number of likely N-dealkylation sites (N-methyl/N-ethyl adjacent to an activating group) is 2. The molecule has 10 N–H and O–H groups in total. The summed E-state index contributed by atoms with van der Waals surface area (Å²) in [5.41, 5.74) is -12.9. The summed E-state index contributed by atoms with van der Waals surface area (Å²) in [4.78, 5) is 150. The summed E-state index contributed by atoms with van der Waals surface area (Å²) >= 11 is 0. The van der Waals surface area contributed by atoms with Crippen LogP contribution in [0.3, 0.4) is 0 Å². The number of alkyl halides is 6. The van der Waals surface area contributed by atoms with Crippen molar-refractivity contribution in [2.45, 2.75) is 191 Å². The van der Waals surface area contributed by atoms with Gasteiger partial charge in [0.15, 0.2) is 0 Å². The number of fused-ring (bicyclic) bond motifs is 2. The fourth-order valence-corrected chi connectivity index (χ4v) is 15.5. The molecule has 0 spiro atoms. The van der Waals surface area contributed by atoms with Crippen molar-refractivity contribution in [1.29, 1.82) is 0 Å². The summed E-state index contributed by atoms with van der Waals surface area (Å²) < 4.78 is 153. The summed E-state index contributed by atoms with van der Waals surface area (Å²) in [6, 6.07) is 18.0. The van der Waals surface area contributed by atoms with Crippen LogP contribution >= 0.6 is 0 Å². The molecule has 0 saturated carbocycles. The van der Waals surface area contributed by atoms with Crippen molar-refractivity contribution in [3.63, 3.8) is 0 Å². The minimum atomic E-state index is -6.44. The number of carbonyl (C=O) groups excluding carboxylic acids is 10. The first kappa shape index (κ1) is 92.5. The van der Waals surface area contributed by atoms with E-state index in [9.17, 15) is 62.4 Å². The lowest BCUT2D eigenvalue weighted by Crippen LogP contribution is -2.61. The Morgan fingerprint density at radius 1 is 0.484 bits per heavy atom. The van der Waals surface area contributed by atoms with Crippen molar-refractivity contribution in [1.82, 2.24) is 91.8 Å². The van der Waals surface area contributed by atoms with Gasteiger partial charge in [-0.3, -0.25) is 47.9 Å². The first-order valence-corrected chi connectivity index (χ1v) is 42.5. The number of hydrogen-bond donors (Lipinski definition) is 10. The van der Waals surface area contributed by atoms with Gasteiger partial charge in [-0.15, -0.1) is 10.2 Å². The van der Waals surface area contributed by atoms with Crippen molar-refractivity contribution in [2.75, 3.05) is 27.2 Å². The largest absolute Gasteiger partial charge is 0.516 e. The average Bonchev–Trinajstić information content (AvgIpc) is 1.62. The topological polar surface area (TPSA) is 446 Å². The zero-order valence-electron chi connectivity index (χ0n) is 69.0. The van der Waals surface area contributed by atoms with Crippen molar-refractivity contribution in [3.8, 4) is 11.5 Å². The lowest BCUT2D eigenvalue weighted by atomic mass is 9.85. The molecule has 0 aliphatic carbocycles. The fourth-order valence-electron chi connectivity index (χ4n) is 14.4. The molecule has 664 valence electrons. The summed E-state index contributed by atoms with van der Waals surface area (Å²) in [6.45, 7) is 11.8. The molecule has 124 heavy (non-hydrogen) atoms. The summed E-state index contributed by atoms with van der Waals surface area (Å²) in [7, 11) is -9.83. The van der Waals surface area contributed by atoms with E-state index in [1.165, 1.54) is 94.2 Å². The number of benzene rings is 6. The zero-order valence-corrected chi connectivity index (χ0v) is 70.7. The molecular weight excluding hydrogens is 1670 g/mol. The first-order valence-electron chi connectivity index (χ1n) is 39.5. The van der Waals surface area contributed by atoms with E-state index in [0.29, 0.717) is 21.9 Å². The van der Waals surface area contributed by atoms with Crippen LogP contribution in [0.25, 0.3) is 21.5 Å². The summed E-state index contributed by atoms with van der Waals surface area (Å²) in [6.07, 6.45) is 0.114. The molecule has 12 unspecified atom stereocenters. The van der Waals surface area contributed by atoms with Gasteiger partial charge in [0.25, 0.3) is 11.8 Å². The molecule has 2 aromatic heterocycles. The lowest BCUT2D eigenvalue weighted by molar-refractivity contribution is -0.144. The molecule has 2 saturated heterocycles. The highest BCUT2D eigenvalue weighted by Gasteiger charge is 2.52. The summed E-state index contributed by atoms with van der Waals surface area (Å²) in [5.74, 6) is -10.6. The van der Waals surface area contributed by atoms with E-state index in [2.05, 4.69) is 63.2 Å². The van der Waals surface area contributed by atoms with Gasteiger partial charge >= 0.3 is 31.1 Å². The number of ether oxygens (including phenoxy) is 2. The van der Waals surface area contributed by atoms with E-state index < -0.39 is 199 Å². The molecule has 34 nitrogen and oxygen atoms in total. The van der Waals surface area contributed by atoms with Crippen LogP contribution in [0.2, 0.25) is 0 Å². The highest BCUT2D eigenvalue weighted by molar-refractivity contribution is 7.91. The molecule has 12 bridgehead atoms. The van der Waals surface area contributed by atoms with Gasteiger partial charge in [-0.05, 0) is 107 Å². The molecule has 6 aliphatic heterocycles. The van der Waals surface area contributed by atoms with E-state index in [1.54, 1.807) is 140 Å². The maximum absolute atomic E-state index is 15.5. The molecule has 6 aromatic carbocycles. The molecule has 0 radical (unpaired) electrons. The van der Waals surface area contributed by atoms with Crippen LogP contribution in [0.1, 0.15) is 114 Å². The second-order valence-corrected chi connectivity index (χ2v) is 36.3. The fraction of sp³-hybridized carbons (Fsp3) is 0.439. The predicted octanol–water partition coefficient (Wildman–Crippen LogP) is 4.05. The Bertz CT molecular complexity index is 5220. The standard InChI is InChI=1S/C82H96F6N18O16S2/c1-45(89-9)69(107)95-67(79(3,4)5)77(115)103-41-57-37-65(103)75(113)93-61(35-49-19-25-51-15-11-13-17-53(51)31-49)71(109)91-63(73(111)99-123(117,118)81(83,84)85)33-47-23-29-60(30-24-47)122-44-56-40-106(102-98-56)58-38-66(104(42-58)78(116)68(80(6,7)8)96-70(108)46(2)90-10)76(114)94-62(36-50-20-26-52-16-12-14-18-54(52)32-50)72(110)92-64(74(112)100-124(119,120)82(86,87)88)34-48-21-27-59(28-22-48)121-43-55-39-105(57)101-97-55/h11-32,39-40,45-46,57-58,61-68,89-90H,33-38,41-44H2,1-10H3,(H,91,109)(H,92,110)(H,93,113)(H,94,114)(H,95,107)(H,96,108)(H,99,111)(H,100,112). The monoisotopic (exact) mass is 1770 g/mol. The van der Waals surface area contributed by atoms with Crippen LogP contribution in [0.15, 0.2) is 146 Å². The third kappa shape index (κ3) is 22.6. The van der Waals surface area contributed by atoms with Crippen LogP contribution in [-0.2, 0) is 107 Å². The van der Waals surface area contributed by atoms with Gasteiger partial charge in [-0.1, -0.05) is 161 Å². The quantitative estimate of drug-likeness (QED) is 0.0610. The number of aromatic nitrogens is 6. The van der Waals surface area contributed by atoms with E-state index in [0.717, 1.165) is 20.2 Å². The van der Waals surface area contributed by atoms with Crippen LogP contribution < -0.4 is 61.5 Å². The number of hydrogen-bond acceptors (Lipinski definition) is 22. The Hall–Kier alpha value is -12.2. The minimum absolute atomic E-state index is 0.0930. The second-order valence-electron chi connectivity index (χ2n) is 32.9. The smallest absolute Gasteiger partial charge is 0.487 e. The minimum Gasteiger partial charge on any atom is -0.487 e. The molecular formula is C82H96F6N18O16S2. The van der Waals surface area contributed by atoms with Gasteiger partial charge < -0.3 is 61.8 Å². The van der Waals surface area contributed by atoms with Gasteiger partial charge in [-0.2, -0.15) is 43.2 Å². The molecule has 8 heterocycles. The highest BCUT2D eigenvalue weighted by Crippen LogP contribution is 2.35. The third-order valence-corrected chi connectivity index (χ3v) is 23.8. The number of sulfonamides is 2. The molecule has 12 atom stereocenters. The Kier molecular flexibility index (Phi) is 28.3. The van der Waals surface area contributed by atoms with Crippen LogP contribution in [0, 0.1) is 10.8 Å². The number of amides is 10. The Morgan fingerprint density at radius 3 is 1.16 bits per heavy atom. The van der Waals surface area contributed by atoms with E-state index in [-0.39, 0.29) is 73.2 Å². The van der Waals surface area contributed by atoms with Gasteiger partial charge in [0.05, 0.1) is 36.6 Å². The molecule has 42 heteroatoms. The molecule has 8 aromatic rings. The van der Waals surface area contributed by atoms with Crippen molar-refractivity contribution in [3.05, 3.63) is 179 Å². The van der Waals surface area contributed by atoms with Crippen molar-refractivity contribution < 1.29 is 101 Å². The molecule has 14 rings (SSSR count). The van der Waals surface area contributed by atoms with Crippen molar-refractivity contribution >= 4 is 101 Å². The number of nitrogens with one attached hydrogen (secondary N) is 10. The lowest BCUT2D eigenvalue weighted by Gasteiger charge is -2.36. The van der Waals surface area contributed by atoms with E-state index >= 15 is 28.8 Å². The SMILES string of the molecule is CNC(C)C(=O)NC(C(=O)N1CC2CC1C(=O)NC(Cc1ccc3ccccc3c1)C(=O)NC(C(=O)NS(=O)(=O)C(F)(F)F)Cc1ccc(cc1)OCc1cn(nn1)C1CC(C(=O)NC(Cc3ccc4ccccc4c3)C(=O)NC(C(=O)NS(=O)(=O)C(F)(F)F)Cc3ccc(cc3)OCc3cn2nn3)N(C(=O)C(NC(=O)C(C)NC)C(C)(C)C)C1)C(C)(C)C. The van der Waals surface area contributed by atoms with Gasteiger partial charge in [0, 0.05) is 51.6 Å². The summed E-state index contributed by atoms with van der Waals surface area (Å²) in [5, 5.41) is 41.5. The first-order chi connectivity index (χ1) is 58.3. The number of halogens is 6. The van der Waals surface area contributed by atoms with Gasteiger partial charge in [0.1, 0.15) is 84.4 Å². The van der Waals surface area contributed by atoms with Gasteiger partial charge in [0.2, 0.25) is 47.3 Å². The molecule has 6 aliphatic rings. The van der Waals surface area contributed by atoms with E-state index in [1.807, 2.05) is 0 Å². The Morgan fingerprint density at radius 2 is 0.831 bits per heavy atom. The highest BCUT2D eigenvalue weighted by atomic mass is 32.2. The molecule has 2 fully saturated rings. The normalized spacial score (nSPS) is 21.1. The maximum Gasteiger partial charge on any atom is 0.516 e. The number of nitrogens with zero attached hydrogens (tertiary/aromatic N) is 8. The number of rotatable bonds is 16.